The number of carbonyl (C=O) groups is 1. The van der Waals surface area contributed by atoms with Gasteiger partial charge in [-0.3, -0.25) is 9.48 Å². The van der Waals surface area contributed by atoms with Gasteiger partial charge in [0.15, 0.2) is 0 Å². The van der Waals surface area contributed by atoms with Gasteiger partial charge < -0.3 is 20.5 Å². The van der Waals surface area contributed by atoms with Crippen LogP contribution in [0.2, 0.25) is 0 Å². The number of aromatic nitrogens is 5. The van der Waals surface area contributed by atoms with Crippen molar-refractivity contribution in [3.05, 3.63) is 36.8 Å². The summed E-state index contributed by atoms with van der Waals surface area (Å²) >= 11 is 0. The number of rotatable bonds is 5. The average molecular weight is 377 g/mol. The van der Waals surface area contributed by atoms with Crippen LogP contribution < -0.4 is 10.6 Å². The van der Waals surface area contributed by atoms with Crippen LogP contribution in [-0.4, -0.2) is 54.7 Å². The van der Waals surface area contributed by atoms with Crippen molar-refractivity contribution in [2.75, 3.05) is 23.7 Å². The Hall–Kier alpha value is -3.87. The van der Waals surface area contributed by atoms with E-state index in [9.17, 15) is 10.1 Å². The summed E-state index contributed by atoms with van der Waals surface area (Å²) in [5.74, 6) is 0.842. The second-order valence-corrected chi connectivity index (χ2v) is 6.58. The van der Waals surface area contributed by atoms with Crippen molar-refractivity contribution in [3.8, 4) is 6.07 Å². The highest BCUT2D eigenvalue weighted by Gasteiger charge is 2.26. The summed E-state index contributed by atoms with van der Waals surface area (Å²) < 4.78 is 1.67. The molecule has 10 nitrogen and oxygen atoms in total. The van der Waals surface area contributed by atoms with Gasteiger partial charge in [-0.15, -0.1) is 0 Å². The average Bonchev–Trinajstić information content (AvgIpc) is 3.41. The first-order chi connectivity index (χ1) is 13.6. The molecule has 0 saturated carbocycles. The van der Waals surface area contributed by atoms with Gasteiger partial charge in [-0.05, 0) is 12.5 Å². The number of fused-ring (bicyclic) bond motifs is 1. The molecule has 1 amide bonds. The zero-order chi connectivity index (χ0) is 19.7. The van der Waals surface area contributed by atoms with Gasteiger partial charge in [-0.25, -0.2) is 0 Å². The van der Waals surface area contributed by atoms with Crippen LogP contribution in [0.4, 0.5) is 17.5 Å². The van der Waals surface area contributed by atoms with Crippen LogP contribution in [0.15, 0.2) is 31.2 Å². The summed E-state index contributed by atoms with van der Waals surface area (Å²) in [4.78, 5) is 25.6. The Morgan fingerprint density at radius 2 is 2.36 bits per heavy atom. The minimum atomic E-state index is -0.0876. The van der Waals surface area contributed by atoms with Gasteiger partial charge in [0.1, 0.15) is 17.5 Å². The number of nitrogens with one attached hydrogen (secondary N) is 3. The molecule has 1 aliphatic rings. The third-order valence-corrected chi connectivity index (χ3v) is 4.63. The summed E-state index contributed by atoms with van der Waals surface area (Å²) in [6.07, 6.45) is 7.20. The molecule has 1 aliphatic heterocycles. The van der Waals surface area contributed by atoms with Gasteiger partial charge in [-0.2, -0.15) is 20.3 Å². The van der Waals surface area contributed by atoms with Gasteiger partial charge in [-0.1, -0.05) is 6.58 Å². The zero-order valence-corrected chi connectivity index (χ0v) is 15.3. The minimum Gasteiger partial charge on any atom is -0.365 e. The maximum atomic E-state index is 11.8. The first kappa shape index (κ1) is 17.5. The molecule has 4 rings (SSSR count). The molecule has 3 aromatic heterocycles. The zero-order valence-electron chi connectivity index (χ0n) is 15.3. The van der Waals surface area contributed by atoms with Gasteiger partial charge in [0.25, 0.3) is 0 Å². The number of likely N-dealkylation sites (tertiary alicyclic amines) is 1. The molecule has 0 aliphatic carbocycles. The number of aromatic amines is 1. The molecule has 0 spiro atoms. The van der Waals surface area contributed by atoms with Gasteiger partial charge in [0, 0.05) is 38.6 Å². The number of hydrogen-bond acceptors (Lipinski definition) is 7. The minimum absolute atomic E-state index is 0.0229. The molecular formula is C18H19N9O. The molecule has 4 heterocycles. The largest absolute Gasteiger partial charge is 0.365 e. The molecule has 0 bridgehead atoms. The molecule has 0 unspecified atom stereocenters. The first-order valence-electron chi connectivity index (χ1n) is 8.80. The second kappa shape index (κ2) is 7.03. The fourth-order valence-electron chi connectivity index (χ4n) is 3.30. The topological polar surface area (TPSA) is 128 Å². The quantitative estimate of drug-likeness (QED) is 0.575. The smallest absolute Gasteiger partial charge is 0.246 e. The molecule has 0 aromatic carbocycles. The maximum absolute atomic E-state index is 11.8. The second-order valence-electron chi connectivity index (χ2n) is 6.58. The van der Waals surface area contributed by atoms with Crippen molar-refractivity contribution in [1.29, 1.82) is 5.26 Å². The van der Waals surface area contributed by atoms with Crippen molar-refractivity contribution < 1.29 is 4.79 Å². The van der Waals surface area contributed by atoms with Crippen LogP contribution in [0.1, 0.15) is 12.0 Å². The molecule has 1 atom stereocenters. The Kier molecular flexibility index (Phi) is 4.41. The molecule has 1 fully saturated rings. The number of nitrogens with zero attached hydrogens (tertiary/aromatic N) is 6. The fraction of sp³-hybridized carbons (Fsp3) is 0.278. The Balaban J connectivity index is 1.65. The van der Waals surface area contributed by atoms with Crippen molar-refractivity contribution in [3.63, 3.8) is 0 Å². The van der Waals surface area contributed by atoms with E-state index in [1.165, 1.54) is 6.08 Å². The van der Waals surface area contributed by atoms with Crippen LogP contribution in [0.25, 0.3) is 11.0 Å². The predicted molar refractivity (Wildman–Crippen MR) is 104 cm³/mol. The standard InChI is InChI=1S/C18H19N9O/c1-3-14(28)27-5-4-12(10-27)22-17-15-11(6-19)7-20-16(15)24-18(25-17)23-13-8-21-26(2)9-13/h3,7-9,12H,1,4-5,10H2,2H3,(H3,20,22,23,24,25)/t12-/m1/s1. The van der Waals surface area contributed by atoms with Crippen LogP contribution in [0.3, 0.4) is 0 Å². The van der Waals surface area contributed by atoms with Crippen LogP contribution in [0, 0.1) is 11.3 Å². The van der Waals surface area contributed by atoms with E-state index >= 15 is 0 Å². The lowest BCUT2D eigenvalue weighted by Gasteiger charge is -2.17. The van der Waals surface area contributed by atoms with E-state index in [4.69, 9.17) is 0 Å². The molecule has 3 N–H and O–H groups in total. The van der Waals surface area contributed by atoms with Crippen molar-refractivity contribution in [2.45, 2.75) is 12.5 Å². The fourth-order valence-corrected chi connectivity index (χ4v) is 3.30. The number of H-pyrrole nitrogens is 1. The lowest BCUT2D eigenvalue weighted by molar-refractivity contribution is -0.125. The highest BCUT2D eigenvalue weighted by molar-refractivity contribution is 5.94. The van der Waals surface area contributed by atoms with Crippen molar-refractivity contribution in [2.24, 2.45) is 7.05 Å². The Morgan fingerprint density at radius 1 is 1.50 bits per heavy atom. The van der Waals surface area contributed by atoms with Crippen molar-refractivity contribution >= 4 is 34.4 Å². The number of hydrogen-bond donors (Lipinski definition) is 3. The van der Waals surface area contributed by atoms with E-state index in [0.29, 0.717) is 41.5 Å². The number of carbonyl (C=O) groups excluding carboxylic acids is 1. The summed E-state index contributed by atoms with van der Waals surface area (Å²) in [5, 5.41) is 20.7. The molecule has 3 aromatic rings. The molecule has 142 valence electrons. The molecule has 10 heteroatoms. The Bertz CT molecular complexity index is 1090. The predicted octanol–water partition coefficient (Wildman–Crippen LogP) is 1.51. The van der Waals surface area contributed by atoms with Gasteiger partial charge in [0.05, 0.1) is 22.8 Å². The molecular weight excluding hydrogens is 358 g/mol. The number of nitriles is 1. The number of amides is 1. The van der Waals surface area contributed by atoms with E-state index < -0.39 is 0 Å². The van der Waals surface area contributed by atoms with E-state index in [1.54, 1.807) is 22.0 Å². The van der Waals surface area contributed by atoms with E-state index in [-0.39, 0.29) is 11.9 Å². The highest BCUT2D eigenvalue weighted by Crippen LogP contribution is 2.28. The van der Waals surface area contributed by atoms with Gasteiger partial charge >= 0.3 is 0 Å². The van der Waals surface area contributed by atoms with Crippen LogP contribution in [-0.2, 0) is 11.8 Å². The van der Waals surface area contributed by atoms with Gasteiger partial charge in [0.2, 0.25) is 11.9 Å². The van der Waals surface area contributed by atoms with Crippen LogP contribution in [0.5, 0.6) is 0 Å². The van der Waals surface area contributed by atoms with E-state index in [1.807, 2.05) is 13.2 Å². The van der Waals surface area contributed by atoms with Crippen LogP contribution >= 0.6 is 0 Å². The van der Waals surface area contributed by atoms with E-state index in [0.717, 1.165) is 12.1 Å². The normalized spacial score (nSPS) is 16.1. The monoisotopic (exact) mass is 377 g/mol. The summed E-state index contributed by atoms with van der Waals surface area (Å²) in [7, 11) is 1.82. The summed E-state index contributed by atoms with van der Waals surface area (Å²) in [5.41, 5.74) is 1.77. The highest BCUT2D eigenvalue weighted by atomic mass is 16.2. The number of aryl methyl sites for hydroxylation is 1. The number of anilines is 3. The Labute approximate surface area is 160 Å². The van der Waals surface area contributed by atoms with E-state index in [2.05, 4.69) is 43.3 Å². The molecule has 28 heavy (non-hydrogen) atoms. The summed E-state index contributed by atoms with van der Waals surface area (Å²) in [6.45, 7) is 4.73. The first-order valence-corrected chi connectivity index (χ1v) is 8.80. The Morgan fingerprint density at radius 3 is 3.07 bits per heavy atom. The lowest BCUT2D eigenvalue weighted by atomic mass is 10.2. The third kappa shape index (κ3) is 3.25. The lowest BCUT2D eigenvalue weighted by Crippen LogP contribution is -2.30. The van der Waals surface area contributed by atoms with Crippen molar-refractivity contribution in [1.82, 2.24) is 29.6 Å². The SMILES string of the molecule is C=CC(=O)N1CC[C@@H](Nc2nc(Nc3cnn(C)c3)nc3[nH]cc(C#N)c23)C1. The maximum Gasteiger partial charge on any atom is 0.246 e. The molecule has 0 radical (unpaired) electrons. The molecule has 1 saturated heterocycles. The summed E-state index contributed by atoms with van der Waals surface area (Å²) in [6, 6.07) is 2.18. The third-order valence-electron chi connectivity index (χ3n) is 4.63.